The number of hydrogen-bond donors (Lipinski definition) is 1. The van der Waals surface area contributed by atoms with Crippen molar-refractivity contribution >= 4 is 43.9 Å². The van der Waals surface area contributed by atoms with Gasteiger partial charge in [0.15, 0.2) is 0 Å². The summed E-state index contributed by atoms with van der Waals surface area (Å²) in [5.41, 5.74) is 0.240. The lowest BCUT2D eigenvalue weighted by Gasteiger charge is -2.02. The first-order valence-electron chi connectivity index (χ1n) is 5.92. The van der Waals surface area contributed by atoms with E-state index in [9.17, 15) is 19.7 Å². The second-order valence-electron chi connectivity index (χ2n) is 4.12. The molecule has 0 fully saturated rings. The Morgan fingerprint density at radius 3 is 2.95 bits per heavy atom. The molecule has 0 amide bonds. The number of fused-ring (bicyclic) bond motifs is 1. The highest BCUT2D eigenvalue weighted by atomic mass is 32.1. The first-order chi connectivity index (χ1) is 10.5. The van der Waals surface area contributed by atoms with Crippen LogP contribution in [0.3, 0.4) is 0 Å². The summed E-state index contributed by atoms with van der Waals surface area (Å²) in [6.45, 7) is -0.217. The highest BCUT2D eigenvalue weighted by Gasteiger charge is 2.17. The Kier molecular flexibility index (Phi) is 3.69. The van der Waals surface area contributed by atoms with E-state index in [4.69, 9.17) is 4.74 Å². The van der Waals surface area contributed by atoms with Crippen LogP contribution >= 0.6 is 22.7 Å². The van der Waals surface area contributed by atoms with Gasteiger partial charge in [0.25, 0.3) is 5.56 Å². The minimum absolute atomic E-state index is 0.116. The van der Waals surface area contributed by atoms with Crippen molar-refractivity contribution in [2.24, 2.45) is 0 Å². The van der Waals surface area contributed by atoms with Gasteiger partial charge >= 0.3 is 11.0 Å². The van der Waals surface area contributed by atoms with E-state index < -0.39 is 10.9 Å². The van der Waals surface area contributed by atoms with E-state index in [1.54, 1.807) is 11.4 Å². The Morgan fingerprint density at radius 1 is 1.41 bits per heavy atom. The molecule has 10 heteroatoms. The summed E-state index contributed by atoms with van der Waals surface area (Å²) in [4.78, 5) is 40.4. The molecule has 0 bridgehead atoms. The second kappa shape index (κ2) is 5.66. The van der Waals surface area contributed by atoms with Gasteiger partial charge in [0, 0.05) is 6.07 Å². The maximum absolute atomic E-state index is 11.8. The lowest BCUT2D eigenvalue weighted by molar-refractivity contribution is -0.380. The number of esters is 1. The van der Waals surface area contributed by atoms with Gasteiger partial charge in [-0.25, -0.2) is 9.78 Å². The molecular formula is C12H7N3O5S2. The highest BCUT2D eigenvalue weighted by Crippen LogP contribution is 2.24. The normalized spacial score (nSPS) is 10.7. The molecule has 0 aromatic carbocycles. The molecule has 0 aliphatic heterocycles. The maximum Gasteiger partial charge on any atom is 0.348 e. The van der Waals surface area contributed by atoms with Gasteiger partial charge in [0.05, 0.1) is 10.4 Å². The van der Waals surface area contributed by atoms with Gasteiger partial charge in [-0.1, -0.05) is 11.3 Å². The summed E-state index contributed by atoms with van der Waals surface area (Å²) in [5.74, 6) is -0.485. The van der Waals surface area contributed by atoms with Crippen molar-refractivity contribution in [1.29, 1.82) is 0 Å². The fourth-order valence-electron chi connectivity index (χ4n) is 1.73. The standard InChI is InChI=1S/C12H7N3O5S2/c16-11-10-6(3-4-21-10)13-8(14-11)5-20-12(17)7-1-2-9(22-7)15(18)19/h1-4H,5H2,(H,13,14,16). The SMILES string of the molecule is O=C(OCc1nc2ccsc2c(=O)[nH]1)c1ccc([N+](=O)[O-])s1. The summed E-state index contributed by atoms with van der Waals surface area (Å²) in [6, 6.07) is 4.26. The molecule has 3 aromatic heterocycles. The molecule has 1 N–H and O–H groups in total. The Morgan fingerprint density at radius 2 is 2.23 bits per heavy atom. The Hall–Kier alpha value is -2.59. The molecule has 0 spiro atoms. The van der Waals surface area contributed by atoms with Crippen molar-refractivity contribution < 1.29 is 14.5 Å². The molecule has 0 aliphatic rings. The van der Waals surface area contributed by atoms with Gasteiger partial charge in [-0.05, 0) is 17.5 Å². The smallest absolute Gasteiger partial charge is 0.348 e. The third kappa shape index (κ3) is 2.73. The molecule has 3 heterocycles. The Bertz CT molecular complexity index is 926. The second-order valence-corrected chi connectivity index (χ2v) is 6.10. The Balaban J connectivity index is 1.74. The molecular weight excluding hydrogens is 330 g/mol. The van der Waals surface area contributed by atoms with E-state index in [-0.39, 0.29) is 27.9 Å². The van der Waals surface area contributed by atoms with E-state index in [0.717, 1.165) is 11.3 Å². The minimum atomic E-state index is -0.703. The average molecular weight is 337 g/mol. The van der Waals surface area contributed by atoms with Gasteiger partial charge in [0.2, 0.25) is 0 Å². The summed E-state index contributed by atoms with van der Waals surface area (Å²) >= 11 is 2.00. The van der Waals surface area contributed by atoms with Crippen LogP contribution in [0.1, 0.15) is 15.5 Å². The number of ether oxygens (including phenoxy) is 1. The van der Waals surface area contributed by atoms with Crippen LogP contribution in [0.15, 0.2) is 28.4 Å². The lowest BCUT2D eigenvalue weighted by atomic mass is 10.4. The van der Waals surface area contributed by atoms with Crippen molar-refractivity contribution in [2.75, 3.05) is 0 Å². The van der Waals surface area contributed by atoms with E-state index >= 15 is 0 Å². The number of carbonyl (C=O) groups is 1. The van der Waals surface area contributed by atoms with Crippen LogP contribution in [0.4, 0.5) is 5.00 Å². The zero-order valence-electron chi connectivity index (χ0n) is 10.8. The van der Waals surface area contributed by atoms with Crippen LogP contribution in [-0.2, 0) is 11.3 Å². The summed E-state index contributed by atoms with van der Waals surface area (Å²) < 4.78 is 5.51. The van der Waals surface area contributed by atoms with Crippen LogP contribution in [0.5, 0.6) is 0 Å². The summed E-state index contributed by atoms with van der Waals surface area (Å²) in [7, 11) is 0. The predicted octanol–water partition coefficient (Wildman–Crippen LogP) is 2.31. The van der Waals surface area contributed by atoms with Crippen molar-refractivity contribution in [2.45, 2.75) is 6.61 Å². The molecule has 3 aromatic rings. The van der Waals surface area contributed by atoms with Gasteiger partial charge < -0.3 is 9.72 Å². The highest BCUT2D eigenvalue weighted by molar-refractivity contribution is 7.17. The third-order valence-electron chi connectivity index (χ3n) is 2.68. The molecule has 22 heavy (non-hydrogen) atoms. The fourth-order valence-corrected chi connectivity index (χ4v) is 3.17. The van der Waals surface area contributed by atoms with Crippen LogP contribution in [0.2, 0.25) is 0 Å². The van der Waals surface area contributed by atoms with Crippen molar-refractivity contribution in [3.63, 3.8) is 0 Å². The van der Waals surface area contributed by atoms with E-state index in [0.29, 0.717) is 10.2 Å². The zero-order chi connectivity index (χ0) is 15.7. The molecule has 3 rings (SSSR count). The molecule has 0 saturated heterocycles. The van der Waals surface area contributed by atoms with Crippen LogP contribution in [-0.4, -0.2) is 20.9 Å². The molecule has 0 unspecified atom stereocenters. The van der Waals surface area contributed by atoms with Crippen LogP contribution < -0.4 is 5.56 Å². The number of nitrogens with zero attached hydrogens (tertiary/aromatic N) is 2. The monoisotopic (exact) mass is 337 g/mol. The predicted molar refractivity (Wildman–Crippen MR) is 80.3 cm³/mol. The lowest BCUT2D eigenvalue weighted by Crippen LogP contribution is -2.13. The van der Waals surface area contributed by atoms with Crippen LogP contribution in [0.25, 0.3) is 10.2 Å². The quantitative estimate of drug-likeness (QED) is 0.444. The average Bonchev–Trinajstić information content (AvgIpc) is 3.13. The number of hydrogen-bond acceptors (Lipinski definition) is 8. The molecule has 0 radical (unpaired) electrons. The molecule has 0 aliphatic carbocycles. The largest absolute Gasteiger partial charge is 0.453 e. The number of nitrogens with one attached hydrogen (secondary N) is 1. The number of aromatic nitrogens is 2. The topological polar surface area (TPSA) is 115 Å². The third-order valence-corrected chi connectivity index (χ3v) is 4.60. The Labute approximate surface area is 130 Å². The van der Waals surface area contributed by atoms with Crippen LogP contribution in [0, 0.1) is 10.1 Å². The van der Waals surface area contributed by atoms with Gasteiger partial charge in [-0.2, -0.15) is 0 Å². The summed E-state index contributed by atoms with van der Waals surface area (Å²) in [5, 5.41) is 12.2. The van der Waals surface area contributed by atoms with Crippen molar-refractivity contribution in [1.82, 2.24) is 9.97 Å². The van der Waals surface area contributed by atoms with Crippen molar-refractivity contribution in [3.05, 3.63) is 54.7 Å². The number of thiophene rings is 2. The van der Waals surface area contributed by atoms with E-state index in [2.05, 4.69) is 9.97 Å². The fraction of sp³-hybridized carbons (Fsp3) is 0.0833. The molecule has 0 saturated carbocycles. The molecule has 8 nitrogen and oxygen atoms in total. The van der Waals surface area contributed by atoms with E-state index in [1.165, 1.54) is 23.5 Å². The number of aromatic amines is 1. The number of carbonyl (C=O) groups excluding carboxylic acids is 1. The molecule has 112 valence electrons. The zero-order valence-corrected chi connectivity index (χ0v) is 12.4. The van der Waals surface area contributed by atoms with Crippen molar-refractivity contribution in [3.8, 4) is 0 Å². The molecule has 0 atom stereocenters. The first-order valence-corrected chi connectivity index (χ1v) is 7.62. The van der Waals surface area contributed by atoms with Gasteiger partial charge in [-0.3, -0.25) is 14.9 Å². The summed E-state index contributed by atoms with van der Waals surface area (Å²) in [6.07, 6.45) is 0. The first kappa shape index (κ1) is 14.4. The number of rotatable bonds is 4. The number of nitro groups is 1. The van der Waals surface area contributed by atoms with Gasteiger partial charge in [-0.15, -0.1) is 11.3 Å². The maximum atomic E-state index is 11.8. The van der Waals surface area contributed by atoms with E-state index in [1.807, 2.05) is 0 Å². The minimum Gasteiger partial charge on any atom is -0.453 e. The van der Waals surface area contributed by atoms with Gasteiger partial charge in [0.1, 0.15) is 22.0 Å². The number of H-pyrrole nitrogens is 1.